The zero-order valence-corrected chi connectivity index (χ0v) is 17.9. The number of carbonyl (C=O) groups is 2. The van der Waals surface area contributed by atoms with Crippen LogP contribution >= 0.6 is 0 Å². The number of nitrogens with zero attached hydrogens (tertiary/aromatic N) is 3. The van der Waals surface area contributed by atoms with Crippen LogP contribution in [0.1, 0.15) is 23.1 Å². The number of oxime groups is 1. The van der Waals surface area contributed by atoms with Crippen LogP contribution in [0.15, 0.2) is 84.3 Å². The van der Waals surface area contributed by atoms with Crippen LogP contribution in [0.2, 0.25) is 0 Å². The number of benzene rings is 2. The minimum absolute atomic E-state index is 0.127. The van der Waals surface area contributed by atoms with Crippen molar-refractivity contribution in [2.24, 2.45) is 5.16 Å². The summed E-state index contributed by atoms with van der Waals surface area (Å²) in [6, 6.07) is 19.2. The summed E-state index contributed by atoms with van der Waals surface area (Å²) in [5.74, 6) is -1.12. The van der Waals surface area contributed by atoms with Gasteiger partial charge in [-0.15, -0.1) is 0 Å². The molecule has 2 heterocycles. The second-order valence-corrected chi connectivity index (χ2v) is 7.63. The lowest BCUT2D eigenvalue weighted by Crippen LogP contribution is -2.44. The Labute approximate surface area is 190 Å². The SMILES string of the molecule is O=C(CN(Cc1ccccc1)C(=O)C1CC(c2ccccc2F)=NO1)NCc1cccnc1. The maximum absolute atomic E-state index is 14.1. The van der Waals surface area contributed by atoms with Gasteiger partial charge in [0.1, 0.15) is 12.4 Å². The molecule has 8 heteroatoms. The molecule has 168 valence electrons. The summed E-state index contributed by atoms with van der Waals surface area (Å²) >= 11 is 0. The van der Waals surface area contributed by atoms with Crippen molar-refractivity contribution in [2.75, 3.05) is 6.54 Å². The summed E-state index contributed by atoms with van der Waals surface area (Å²) in [5, 5.41) is 6.75. The smallest absolute Gasteiger partial charge is 0.267 e. The number of halogens is 1. The maximum Gasteiger partial charge on any atom is 0.267 e. The molecule has 1 aromatic heterocycles. The topological polar surface area (TPSA) is 83.9 Å². The molecule has 1 aliphatic rings. The van der Waals surface area contributed by atoms with E-state index in [0.717, 1.165) is 11.1 Å². The summed E-state index contributed by atoms with van der Waals surface area (Å²) in [5.41, 5.74) is 2.40. The van der Waals surface area contributed by atoms with Crippen molar-refractivity contribution in [1.29, 1.82) is 0 Å². The molecule has 1 unspecified atom stereocenters. The van der Waals surface area contributed by atoms with Gasteiger partial charge in [-0.1, -0.05) is 59.8 Å². The highest BCUT2D eigenvalue weighted by molar-refractivity contribution is 6.04. The predicted molar refractivity (Wildman–Crippen MR) is 120 cm³/mol. The fourth-order valence-electron chi connectivity index (χ4n) is 3.52. The van der Waals surface area contributed by atoms with E-state index in [9.17, 15) is 14.0 Å². The van der Waals surface area contributed by atoms with E-state index in [-0.39, 0.29) is 31.3 Å². The fourth-order valence-corrected chi connectivity index (χ4v) is 3.52. The zero-order chi connectivity index (χ0) is 23.0. The Morgan fingerprint density at radius 3 is 2.55 bits per heavy atom. The molecule has 0 aliphatic carbocycles. The molecule has 1 atom stereocenters. The van der Waals surface area contributed by atoms with Gasteiger partial charge >= 0.3 is 0 Å². The summed E-state index contributed by atoms with van der Waals surface area (Å²) in [6.45, 7) is 0.387. The van der Waals surface area contributed by atoms with Gasteiger partial charge in [-0.2, -0.15) is 0 Å². The Morgan fingerprint density at radius 1 is 1.03 bits per heavy atom. The molecule has 0 radical (unpaired) electrons. The Hall–Kier alpha value is -4.07. The number of carbonyl (C=O) groups excluding carboxylic acids is 2. The van der Waals surface area contributed by atoms with Crippen LogP contribution in [-0.2, 0) is 27.5 Å². The van der Waals surface area contributed by atoms with Gasteiger partial charge in [-0.3, -0.25) is 14.6 Å². The summed E-state index contributed by atoms with van der Waals surface area (Å²) in [7, 11) is 0. The largest absolute Gasteiger partial charge is 0.382 e. The lowest BCUT2D eigenvalue weighted by molar-refractivity contribution is -0.145. The monoisotopic (exact) mass is 446 g/mol. The highest BCUT2D eigenvalue weighted by Crippen LogP contribution is 2.21. The molecular weight excluding hydrogens is 423 g/mol. The average Bonchev–Trinajstić information content (AvgIpc) is 3.33. The van der Waals surface area contributed by atoms with E-state index in [2.05, 4.69) is 15.5 Å². The third kappa shape index (κ3) is 5.79. The van der Waals surface area contributed by atoms with Crippen molar-refractivity contribution in [1.82, 2.24) is 15.2 Å². The van der Waals surface area contributed by atoms with Gasteiger partial charge in [0.05, 0.1) is 5.71 Å². The van der Waals surface area contributed by atoms with Crippen LogP contribution in [0.25, 0.3) is 0 Å². The predicted octanol–water partition coefficient (Wildman–Crippen LogP) is 3.06. The molecule has 0 spiro atoms. The van der Waals surface area contributed by atoms with E-state index in [1.807, 2.05) is 36.4 Å². The molecule has 0 saturated heterocycles. The molecule has 0 saturated carbocycles. The number of nitrogens with one attached hydrogen (secondary N) is 1. The van der Waals surface area contributed by atoms with Crippen molar-refractivity contribution >= 4 is 17.5 Å². The van der Waals surface area contributed by atoms with E-state index in [1.165, 1.54) is 11.0 Å². The minimum Gasteiger partial charge on any atom is -0.382 e. The van der Waals surface area contributed by atoms with Gasteiger partial charge in [0, 0.05) is 37.5 Å². The number of hydrogen-bond donors (Lipinski definition) is 1. The van der Waals surface area contributed by atoms with E-state index in [1.54, 1.807) is 36.7 Å². The molecule has 1 aliphatic heterocycles. The van der Waals surface area contributed by atoms with Gasteiger partial charge in [-0.25, -0.2) is 4.39 Å². The van der Waals surface area contributed by atoms with Crippen molar-refractivity contribution in [3.8, 4) is 0 Å². The minimum atomic E-state index is -0.922. The summed E-state index contributed by atoms with van der Waals surface area (Å²) < 4.78 is 14.1. The second-order valence-electron chi connectivity index (χ2n) is 7.63. The normalized spacial score (nSPS) is 14.8. The van der Waals surface area contributed by atoms with Crippen molar-refractivity contribution in [3.63, 3.8) is 0 Å². The molecule has 2 aromatic carbocycles. The first kappa shape index (κ1) is 22.1. The van der Waals surface area contributed by atoms with Crippen LogP contribution in [0.4, 0.5) is 4.39 Å². The van der Waals surface area contributed by atoms with E-state index >= 15 is 0 Å². The van der Waals surface area contributed by atoms with Crippen molar-refractivity contribution in [2.45, 2.75) is 25.6 Å². The Kier molecular flexibility index (Phi) is 7.04. The lowest BCUT2D eigenvalue weighted by atomic mass is 10.0. The van der Waals surface area contributed by atoms with Crippen molar-refractivity contribution < 1.29 is 18.8 Å². The molecule has 33 heavy (non-hydrogen) atoms. The zero-order valence-electron chi connectivity index (χ0n) is 17.9. The van der Waals surface area contributed by atoms with Gasteiger partial charge in [0.2, 0.25) is 12.0 Å². The third-order valence-corrected chi connectivity index (χ3v) is 5.20. The Morgan fingerprint density at radius 2 is 1.79 bits per heavy atom. The highest BCUT2D eigenvalue weighted by atomic mass is 19.1. The van der Waals surface area contributed by atoms with E-state index < -0.39 is 11.9 Å². The van der Waals surface area contributed by atoms with Crippen LogP contribution in [0.5, 0.6) is 0 Å². The molecule has 3 aromatic rings. The second kappa shape index (κ2) is 10.5. The molecule has 0 fully saturated rings. The van der Waals surface area contributed by atoms with Gasteiger partial charge in [0.15, 0.2) is 0 Å². The lowest BCUT2D eigenvalue weighted by Gasteiger charge is -2.24. The molecule has 2 amide bonds. The Balaban J connectivity index is 1.43. The highest BCUT2D eigenvalue weighted by Gasteiger charge is 2.34. The van der Waals surface area contributed by atoms with Crippen LogP contribution in [-0.4, -0.2) is 40.1 Å². The van der Waals surface area contributed by atoms with Crippen LogP contribution in [0, 0.1) is 5.82 Å². The van der Waals surface area contributed by atoms with E-state index in [4.69, 9.17) is 4.84 Å². The quantitative estimate of drug-likeness (QED) is 0.577. The first-order valence-electron chi connectivity index (χ1n) is 10.6. The standard InChI is InChI=1S/C25H23FN4O3/c26-21-11-5-4-10-20(21)22-13-23(33-29-22)25(32)30(16-18-7-2-1-3-8-18)17-24(31)28-15-19-9-6-12-27-14-19/h1-12,14,23H,13,15-17H2,(H,28,31). The molecule has 7 nitrogen and oxygen atoms in total. The molecular formula is C25H23FN4O3. The first-order valence-corrected chi connectivity index (χ1v) is 10.6. The fraction of sp³-hybridized carbons (Fsp3) is 0.200. The van der Waals surface area contributed by atoms with Gasteiger partial charge in [-0.05, 0) is 23.3 Å². The van der Waals surface area contributed by atoms with E-state index in [0.29, 0.717) is 17.8 Å². The van der Waals surface area contributed by atoms with Crippen LogP contribution < -0.4 is 5.32 Å². The molecule has 4 rings (SSSR count). The Bertz CT molecular complexity index is 1140. The summed E-state index contributed by atoms with van der Waals surface area (Å²) in [6.07, 6.45) is 2.53. The summed E-state index contributed by atoms with van der Waals surface area (Å²) in [4.78, 5) is 36.7. The number of amides is 2. The molecule has 1 N–H and O–H groups in total. The van der Waals surface area contributed by atoms with Gasteiger partial charge in [0.25, 0.3) is 5.91 Å². The van der Waals surface area contributed by atoms with Crippen molar-refractivity contribution in [3.05, 3.63) is 102 Å². The maximum atomic E-state index is 14.1. The number of rotatable bonds is 8. The number of pyridine rings is 1. The first-order chi connectivity index (χ1) is 16.1. The number of aromatic nitrogens is 1. The average molecular weight is 446 g/mol. The van der Waals surface area contributed by atoms with Crippen LogP contribution in [0.3, 0.4) is 0 Å². The van der Waals surface area contributed by atoms with Gasteiger partial charge < -0.3 is 15.1 Å². The third-order valence-electron chi connectivity index (χ3n) is 5.20. The number of hydrogen-bond acceptors (Lipinski definition) is 5. The molecule has 0 bridgehead atoms.